The Kier molecular flexibility index (Phi) is 4.98. The lowest BCUT2D eigenvalue weighted by atomic mass is 9.88. The molecule has 17 heavy (non-hydrogen) atoms. The second-order valence-electron chi connectivity index (χ2n) is 5.13. The number of piperidine rings is 1. The van der Waals surface area contributed by atoms with Gasteiger partial charge in [-0.3, -0.25) is 4.79 Å². The van der Waals surface area contributed by atoms with Crippen LogP contribution in [0, 0.1) is 5.92 Å². The van der Waals surface area contributed by atoms with Crippen LogP contribution in [0.25, 0.3) is 0 Å². The summed E-state index contributed by atoms with van der Waals surface area (Å²) in [5.41, 5.74) is 0. The number of nitrogens with zero attached hydrogens (tertiary/aromatic N) is 1. The molecule has 100 valence electrons. The van der Waals surface area contributed by atoms with E-state index in [0.717, 1.165) is 31.9 Å². The van der Waals surface area contributed by atoms with Gasteiger partial charge < -0.3 is 4.90 Å². The van der Waals surface area contributed by atoms with Gasteiger partial charge in [0.2, 0.25) is 5.91 Å². The summed E-state index contributed by atoms with van der Waals surface area (Å²) in [6.07, 6.45) is 5.23. The third-order valence-corrected chi connectivity index (χ3v) is 4.18. The molecule has 1 aliphatic heterocycles. The van der Waals surface area contributed by atoms with Crippen molar-refractivity contribution < 1.29 is 13.2 Å². The number of hydrogen-bond donors (Lipinski definition) is 0. The van der Waals surface area contributed by atoms with Gasteiger partial charge in [0.1, 0.15) is 5.75 Å². The molecular weight excluding hydrogens is 238 g/mol. The van der Waals surface area contributed by atoms with Crippen LogP contribution in [0.1, 0.15) is 39.5 Å². The van der Waals surface area contributed by atoms with Crippen LogP contribution in [-0.4, -0.2) is 43.8 Å². The second kappa shape index (κ2) is 5.85. The van der Waals surface area contributed by atoms with Gasteiger partial charge in [0, 0.05) is 18.8 Å². The molecule has 1 saturated heterocycles. The third-order valence-electron chi connectivity index (χ3n) is 3.41. The van der Waals surface area contributed by atoms with E-state index in [9.17, 15) is 13.2 Å². The number of carbonyl (C=O) groups is 1. The molecule has 2 atom stereocenters. The molecule has 1 aliphatic rings. The van der Waals surface area contributed by atoms with Crippen molar-refractivity contribution >= 4 is 15.7 Å². The Morgan fingerprint density at radius 2 is 2.06 bits per heavy atom. The van der Waals surface area contributed by atoms with Crippen LogP contribution in [-0.2, 0) is 14.6 Å². The molecule has 1 fully saturated rings. The van der Waals surface area contributed by atoms with Gasteiger partial charge >= 0.3 is 0 Å². The van der Waals surface area contributed by atoms with E-state index in [0.29, 0.717) is 12.5 Å². The van der Waals surface area contributed by atoms with Crippen molar-refractivity contribution in [1.82, 2.24) is 4.90 Å². The molecule has 1 rings (SSSR count). The lowest BCUT2D eigenvalue weighted by molar-refractivity contribution is -0.133. The summed E-state index contributed by atoms with van der Waals surface area (Å²) in [7, 11) is -3.22. The van der Waals surface area contributed by atoms with Gasteiger partial charge in [-0.1, -0.05) is 20.3 Å². The van der Waals surface area contributed by atoms with Crippen LogP contribution in [0.5, 0.6) is 0 Å². The third kappa shape index (κ3) is 4.30. The molecule has 1 heterocycles. The average Bonchev–Trinajstić information content (AvgIpc) is 2.18. The lowest BCUT2D eigenvalue weighted by Gasteiger charge is -2.40. The number of carbonyl (C=O) groups excluding carboxylic acids is 1. The van der Waals surface area contributed by atoms with Crippen molar-refractivity contribution in [3.05, 3.63) is 0 Å². The van der Waals surface area contributed by atoms with E-state index < -0.39 is 9.84 Å². The van der Waals surface area contributed by atoms with E-state index in [-0.39, 0.29) is 17.7 Å². The highest BCUT2D eigenvalue weighted by molar-refractivity contribution is 7.91. The van der Waals surface area contributed by atoms with Crippen molar-refractivity contribution in [3.63, 3.8) is 0 Å². The number of hydrogen-bond acceptors (Lipinski definition) is 3. The highest BCUT2D eigenvalue weighted by atomic mass is 32.2. The summed E-state index contributed by atoms with van der Waals surface area (Å²) < 4.78 is 22.4. The summed E-state index contributed by atoms with van der Waals surface area (Å²) in [6, 6.07) is 0.225. The van der Waals surface area contributed by atoms with Gasteiger partial charge in [-0.25, -0.2) is 8.42 Å². The maximum atomic E-state index is 12.0. The number of sulfone groups is 1. The molecule has 4 nitrogen and oxygen atoms in total. The smallest absolute Gasteiger partial charge is 0.238 e. The Hall–Kier alpha value is -0.580. The van der Waals surface area contributed by atoms with Crippen LogP contribution in [0.2, 0.25) is 0 Å². The monoisotopic (exact) mass is 261 g/mol. The zero-order valence-corrected chi connectivity index (χ0v) is 11.8. The first-order valence-corrected chi connectivity index (χ1v) is 8.38. The van der Waals surface area contributed by atoms with Crippen molar-refractivity contribution in [2.75, 3.05) is 18.6 Å². The van der Waals surface area contributed by atoms with Gasteiger partial charge in [-0.05, 0) is 25.2 Å². The van der Waals surface area contributed by atoms with Gasteiger partial charge in [0.15, 0.2) is 9.84 Å². The molecule has 0 N–H and O–H groups in total. The number of rotatable bonds is 4. The molecule has 2 unspecified atom stereocenters. The van der Waals surface area contributed by atoms with Gasteiger partial charge in [-0.15, -0.1) is 0 Å². The van der Waals surface area contributed by atoms with Gasteiger partial charge in [-0.2, -0.15) is 0 Å². The minimum atomic E-state index is -3.22. The predicted molar refractivity (Wildman–Crippen MR) is 68.5 cm³/mol. The van der Waals surface area contributed by atoms with Crippen LogP contribution in [0.4, 0.5) is 0 Å². The molecular formula is C12H23NO3S. The standard InChI is InChI=1S/C12H23NO3S/c1-4-6-11-10(2)7-5-8-13(11)12(14)9-17(3,15)16/h10-11H,4-9H2,1-3H3. The van der Waals surface area contributed by atoms with Crippen LogP contribution >= 0.6 is 0 Å². The van der Waals surface area contributed by atoms with Gasteiger partial charge in [0.25, 0.3) is 0 Å². The summed E-state index contributed by atoms with van der Waals surface area (Å²) in [5.74, 6) is -0.0929. The summed E-state index contributed by atoms with van der Waals surface area (Å²) in [5, 5.41) is 0. The predicted octanol–water partition coefficient (Wildman–Crippen LogP) is 1.46. The van der Waals surface area contributed by atoms with Crippen molar-refractivity contribution in [2.24, 2.45) is 5.92 Å². The van der Waals surface area contributed by atoms with Gasteiger partial charge in [0.05, 0.1) is 0 Å². The molecule has 0 bridgehead atoms. The molecule has 0 aromatic rings. The van der Waals surface area contributed by atoms with Crippen molar-refractivity contribution in [2.45, 2.75) is 45.6 Å². The first-order valence-electron chi connectivity index (χ1n) is 6.32. The number of amides is 1. The number of likely N-dealkylation sites (tertiary alicyclic amines) is 1. The lowest BCUT2D eigenvalue weighted by Crippen LogP contribution is -2.49. The molecule has 5 heteroatoms. The maximum absolute atomic E-state index is 12.0. The Morgan fingerprint density at radius 3 is 2.59 bits per heavy atom. The second-order valence-corrected chi connectivity index (χ2v) is 7.27. The Labute approximate surface area is 104 Å². The molecule has 0 aromatic heterocycles. The van der Waals surface area contributed by atoms with Crippen LogP contribution in [0.3, 0.4) is 0 Å². The van der Waals surface area contributed by atoms with Crippen LogP contribution < -0.4 is 0 Å². The zero-order valence-electron chi connectivity index (χ0n) is 11.0. The molecule has 0 radical (unpaired) electrons. The molecule has 1 amide bonds. The van der Waals surface area contributed by atoms with E-state index >= 15 is 0 Å². The largest absolute Gasteiger partial charge is 0.339 e. The normalized spacial score (nSPS) is 25.9. The van der Waals surface area contributed by atoms with E-state index in [1.807, 2.05) is 0 Å². The highest BCUT2D eigenvalue weighted by Gasteiger charge is 2.32. The van der Waals surface area contributed by atoms with Crippen molar-refractivity contribution in [3.8, 4) is 0 Å². The topological polar surface area (TPSA) is 54.5 Å². The highest BCUT2D eigenvalue weighted by Crippen LogP contribution is 2.26. The minimum Gasteiger partial charge on any atom is -0.339 e. The summed E-state index contributed by atoms with van der Waals surface area (Å²) >= 11 is 0. The van der Waals surface area contributed by atoms with E-state index in [1.54, 1.807) is 4.90 Å². The molecule has 0 spiro atoms. The molecule has 0 aliphatic carbocycles. The van der Waals surface area contributed by atoms with E-state index in [2.05, 4.69) is 13.8 Å². The average molecular weight is 261 g/mol. The summed E-state index contributed by atoms with van der Waals surface area (Å²) in [4.78, 5) is 13.8. The Morgan fingerprint density at radius 1 is 1.41 bits per heavy atom. The quantitative estimate of drug-likeness (QED) is 0.770. The SMILES string of the molecule is CCCC1C(C)CCCN1C(=O)CS(C)(=O)=O. The maximum Gasteiger partial charge on any atom is 0.238 e. The Bertz CT molecular complexity index is 364. The van der Waals surface area contributed by atoms with Crippen molar-refractivity contribution in [1.29, 1.82) is 0 Å². The molecule has 0 aromatic carbocycles. The first kappa shape index (κ1) is 14.5. The minimum absolute atomic E-state index is 0.225. The fraction of sp³-hybridized carbons (Fsp3) is 0.917. The fourth-order valence-electron chi connectivity index (χ4n) is 2.60. The van der Waals surface area contributed by atoms with E-state index in [4.69, 9.17) is 0 Å². The van der Waals surface area contributed by atoms with E-state index in [1.165, 1.54) is 0 Å². The molecule has 0 saturated carbocycles. The first-order chi connectivity index (χ1) is 7.85. The fourth-order valence-corrected chi connectivity index (χ4v) is 3.22. The zero-order chi connectivity index (χ0) is 13.1. The van der Waals surface area contributed by atoms with Crippen LogP contribution in [0.15, 0.2) is 0 Å². The summed E-state index contributed by atoms with van der Waals surface area (Å²) in [6.45, 7) is 4.96. The Balaban J connectivity index is 2.74.